The zero-order valence-corrected chi connectivity index (χ0v) is 10.5. The minimum absolute atomic E-state index is 0.00178. The Bertz CT molecular complexity index is 843. The quantitative estimate of drug-likeness (QED) is 0.442. The number of hydrogen-bond donors (Lipinski definition) is 0. The molecule has 0 aliphatic rings. The van der Waals surface area contributed by atoms with Gasteiger partial charge >= 0.3 is 11.1 Å². The van der Waals surface area contributed by atoms with Gasteiger partial charge in [0.1, 0.15) is 17.7 Å². The molecule has 6 nitrogen and oxygen atoms in total. The molecule has 2 aromatic rings. The van der Waals surface area contributed by atoms with Crippen LogP contribution in [-0.2, 0) is 0 Å². The molecule has 0 spiro atoms. The summed E-state index contributed by atoms with van der Waals surface area (Å²) in [5, 5.41) is 17.4. The lowest BCUT2D eigenvalue weighted by Crippen LogP contribution is -2.48. The Morgan fingerprint density at radius 3 is 2.60 bits per heavy atom. The number of methoxy groups -OCH3 is 1. The van der Waals surface area contributed by atoms with Gasteiger partial charge in [0, 0.05) is 11.6 Å². The number of nitriles is 2. The maximum Gasteiger partial charge on any atom is 0.309 e. The van der Waals surface area contributed by atoms with Crippen molar-refractivity contribution in [1.82, 2.24) is 0 Å². The van der Waals surface area contributed by atoms with E-state index in [9.17, 15) is 9.59 Å². The van der Waals surface area contributed by atoms with Gasteiger partial charge in [0.05, 0.1) is 7.11 Å². The van der Waals surface area contributed by atoms with Gasteiger partial charge in [-0.3, -0.25) is 9.59 Å². The molecule has 1 heterocycles. The van der Waals surface area contributed by atoms with E-state index in [-0.39, 0.29) is 17.0 Å². The van der Waals surface area contributed by atoms with Crippen LogP contribution >= 0.6 is 0 Å². The minimum atomic E-state index is -0.661. The molecule has 0 bridgehead atoms. The average Bonchev–Trinajstić information content (AvgIpc) is 2.49. The van der Waals surface area contributed by atoms with Crippen LogP contribution in [0.3, 0.4) is 0 Å². The third kappa shape index (κ3) is 2.06. The van der Waals surface area contributed by atoms with Crippen LogP contribution in [0.2, 0.25) is 0 Å². The third-order valence-corrected chi connectivity index (χ3v) is 2.68. The van der Waals surface area contributed by atoms with Crippen molar-refractivity contribution in [3.63, 3.8) is 0 Å². The molecule has 0 amide bonds. The number of hydrogen-bond acceptors (Lipinski definition) is 5. The molecule has 96 valence electrons. The van der Waals surface area contributed by atoms with E-state index in [1.807, 2.05) is 0 Å². The zero-order chi connectivity index (χ0) is 14.7. The molecule has 0 fully saturated rings. The monoisotopic (exact) mass is 266 g/mol. The van der Waals surface area contributed by atoms with Gasteiger partial charge in [0.25, 0.3) is 5.43 Å². The van der Waals surface area contributed by atoms with Gasteiger partial charge in [-0.25, -0.2) is 0 Å². The predicted octanol–water partition coefficient (Wildman–Crippen LogP) is -0.00154. The Balaban J connectivity index is 2.52. The number of nitrogens with zero attached hydrogens (tertiary/aromatic N) is 3. The topological polar surface area (TPSA) is 94.8 Å². The zero-order valence-electron chi connectivity index (χ0n) is 10.5. The molecule has 0 aliphatic carbocycles. The van der Waals surface area contributed by atoms with Crippen LogP contribution in [0.4, 0.5) is 0 Å². The summed E-state index contributed by atoms with van der Waals surface area (Å²) in [4.78, 5) is 22.8. The first kappa shape index (κ1) is 13.2. The molecule has 6 heteroatoms. The summed E-state index contributed by atoms with van der Waals surface area (Å²) in [6.45, 7) is 0. The van der Waals surface area contributed by atoms with Gasteiger partial charge in [-0.05, 0) is 12.1 Å². The highest BCUT2D eigenvalue weighted by Gasteiger charge is 2.30. The first-order chi connectivity index (χ1) is 9.62. The number of allylic oxidation sites excluding steroid dienone is 1. The van der Waals surface area contributed by atoms with E-state index >= 15 is 0 Å². The summed E-state index contributed by atoms with van der Waals surface area (Å²) in [5.41, 5.74) is -0.650. The summed E-state index contributed by atoms with van der Waals surface area (Å²) in [7, 11) is 1.31. The van der Waals surface area contributed by atoms with Gasteiger partial charge in [0.2, 0.25) is 5.75 Å². The molecule has 0 N–H and O–H groups in total. The van der Waals surface area contributed by atoms with Crippen LogP contribution in [-0.4, -0.2) is 7.11 Å². The van der Waals surface area contributed by atoms with Crippen molar-refractivity contribution in [1.29, 1.82) is 10.5 Å². The molecule has 1 aromatic heterocycles. The molecule has 0 radical (unpaired) electrons. The van der Waals surface area contributed by atoms with Crippen LogP contribution in [0.5, 0.6) is 5.75 Å². The smallest absolute Gasteiger partial charge is 0.309 e. The highest BCUT2D eigenvalue weighted by atomic mass is 16.5. The Morgan fingerprint density at radius 2 is 2.00 bits per heavy atom. The second-order valence-electron chi connectivity index (χ2n) is 3.87. The molecule has 0 saturated carbocycles. The van der Waals surface area contributed by atoms with E-state index < -0.39 is 10.9 Å². The fraction of sp³-hybridized carbons (Fsp3) is 0.0714. The molecule has 1 aromatic carbocycles. The second-order valence-corrected chi connectivity index (χ2v) is 3.87. The van der Waals surface area contributed by atoms with Crippen LogP contribution < -0.4 is 20.2 Å². The molecule has 20 heavy (non-hydrogen) atoms. The van der Waals surface area contributed by atoms with E-state index in [0.717, 1.165) is 0 Å². The normalized spacial score (nSPS) is 9.55. The van der Waals surface area contributed by atoms with Gasteiger partial charge in [-0.15, -0.1) is 0 Å². The van der Waals surface area contributed by atoms with Crippen LogP contribution in [0, 0.1) is 22.7 Å². The number of ether oxygens (including phenoxy) is 1. The van der Waals surface area contributed by atoms with E-state index in [1.165, 1.54) is 23.9 Å². The minimum Gasteiger partial charge on any atom is -0.487 e. The Labute approximate surface area is 113 Å². The number of pyridine rings is 1. The number of aromatic nitrogens is 1. The van der Waals surface area contributed by atoms with E-state index in [0.29, 0.717) is 5.56 Å². The first-order valence-electron chi connectivity index (χ1n) is 5.53. The summed E-state index contributed by atoms with van der Waals surface area (Å²) >= 11 is 0. The van der Waals surface area contributed by atoms with Crippen molar-refractivity contribution in [2.24, 2.45) is 0 Å². The van der Waals surface area contributed by atoms with Gasteiger partial charge in [0.15, 0.2) is 12.4 Å². The molecule has 0 unspecified atom stereocenters. The Morgan fingerprint density at radius 1 is 1.30 bits per heavy atom. The Kier molecular flexibility index (Phi) is 3.41. The van der Waals surface area contributed by atoms with E-state index in [4.69, 9.17) is 15.3 Å². The van der Waals surface area contributed by atoms with Crippen LogP contribution in [0.15, 0.2) is 39.7 Å². The highest BCUT2D eigenvalue weighted by Crippen LogP contribution is 2.10. The van der Waals surface area contributed by atoms with E-state index in [2.05, 4.69) is 0 Å². The van der Waals surface area contributed by atoms with E-state index in [1.54, 1.807) is 30.5 Å². The molecular formula is C14H8N3O3+. The van der Waals surface area contributed by atoms with Crippen molar-refractivity contribution >= 4 is 6.08 Å². The van der Waals surface area contributed by atoms with Gasteiger partial charge < -0.3 is 4.74 Å². The summed E-state index contributed by atoms with van der Waals surface area (Å²) in [6, 6.07) is 6.79. The Hall–Kier alpha value is -3.25. The molecule has 0 atom stereocenters. The molecule has 0 aliphatic heterocycles. The molecular weight excluding hydrogens is 258 g/mol. The molecule has 0 saturated heterocycles. The third-order valence-electron chi connectivity index (χ3n) is 2.68. The fourth-order valence-electron chi connectivity index (χ4n) is 1.76. The van der Waals surface area contributed by atoms with Crippen LogP contribution in [0.1, 0.15) is 5.56 Å². The lowest BCUT2D eigenvalue weighted by Gasteiger charge is -2.03. The second kappa shape index (κ2) is 5.17. The highest BCUT2D eigenvalue weighted by molar-refractivity contribution is 5.61. The summed E-state index contributed by atoms with van der Waals surface area (Å²) in [6.07, 6.45) is 4.50. The summed E-state index contributed by atoms with van der Waals surface area (Å²) < 4.78 is 6.30. The SMILES string of the molecule is COc1c(-[n+]2cccc(C=C(C#N)C#N)c2)c(=O)c1=O. The van der Waals surface area contributed by atoms with Crippen molar-refractivity contribution in [2.75, 3.05) is 7.11 Å². The van der Waals surface area contributed by atoms with Crippen molar-refractivity contribution in [2.45, 2.75) is 0 Å². The lowest BCUT2D eigenvalue weighted by atomic mass is 10.1. The van der Waals surface area contributed by atoms with Crippen LogP contribution in [0.25, 0.3) is 11.8 Å². The first-order valence-corrected chi connectivity index (χ1v) is 5.53. The standard InChI is InChI=1S/C14H8N3O3/c1-20-14-11(12(18)13(14)19)17-4-2-3-9(8-17)5-10(6-15)7-16/h2-5,8H,1H3/q+1. The lowest BCUT2D eigenvalue weighted by molar-refractivity contribution is -0.598. The van der Waals surface area contributed by atoms with Gasteiger partial charge in [-0.1, -0.05) is 0 Å². The maximum absolute atomic E-state index is 11.5. The van der Waals surface area contributed by atoms with Crippen molar-refractivity contribution < 1.29 is 9.30 Å². The van der Waals surface area contributed by atoms with Gasteiger partial charge in [-0.2, -0.15) is 15.1 Å². The largest absolute Gasteiger partial charge is 0.487 e. The summed E-state index contributed by atoms with van der Waals surface area (Å²) in [5.74, 6) is 0.00178. The average molecular weight is 266 g/mol. The predicted molar refractivity (Wildman–Crippen MR) is 68.6 cm³/mol. The number of rotatable bonds is 3. The van der Waals surface area contributed by atoms with Crippen molar-refractivity contribution in [3.05, 3.63) is 56.1 Å². The molecule has 2 rings (SSSR count). The maximum atomic E-state index is 11.5. The fourth-order valence-corrected chi connectivity index (χ4v) is 1.76. The van der Waals surface area contributed by atoms with Crippen molar-refractivity contribution in [3.8, 4) is 23.6 Å².